The Morgan fingerprint density at radius 1 is 0.925 bits per heavy atom. The van der Waals surface area contributed by atoms with Crippen molar-refractivity contribution < 1.29 is 18.0 Å². The van der Waals surface area contributed by atoms with E-state index in [1.165, 1.54) is 29.2 Å². The molecule has 3 aromatic rings. The second-order valence-corrected chi connectivity index (χ2v) is 13.5. The minimum atomic E-state index is -4.25. The van der Waals surface area contributed by atoms with Crippen molar-refractivity contribution in [2.45, 2.75) is 64.6 Å². The van der Waals surface area contributed by atoms with Gasteiger partial charge in [0.25, 0.3) is 10.0 Å². The summed E-state index contributed by atoms with van der Waals surface area (Å²) in [4.78, 5) is 28.6. The van der Waals surface area contributed by atoms with Gasteiger partial charge in [-0.3, -0.25) is 13.9 Å². The number of benzene rings is 3. The molecule has 0 radical (unpaired) electrons. The summed E-state index contributed by atoms with van der Waals surface area (Å²) in [5.74, 6) is -0.938. The lowest BCUT2D eigenvalue weighted by Gasteiger charge is -2.33. The predicted octanol–water partition coefficient (Wildman–Crippen LogP) is 6.14. The van der Waals surface area contributed by atoms with E-state index in [1.54, 1.807) is 25.1 Å². The molecule has 0 spiro atoms. The molecule has 0 aliphatic carbocycles. The van der Waals surface area contributed by atoms with E-state index >= 15 is 0 Å². The van der Waals surface area contributed by atoms with Crippen molar-refractivity contribution in [1.82, 2.24) is 10.2 Å². The SMILES string of the molecule is Cc1ccc(S(=O)(=O)N(CC(=O)N(Cc2cccc(C)c2)[C@H](C)C(=O)NC(C)(C)C)c2cccc(Cl)c2Cl)cc1. The van der Waals surface area contributed by atoms with Crippen LogP contribution in [-0.4, -0.2) is 43.3 Å². The van der Waals surface area contributed by atoms with Crippen LogP contribution in [0.3, 0.4) is 0 Å². The lowest BCUT2D eigenvalue weighted by atomic mass is 10.1. The number of amides is 2. The topological polar surface area (TPSA) is 86.8 Å². The molecule has 214 valence electrons. The molecule has 0 heterocycles. The quantitative estimate of drug-likeness (QED) is 0.318. The maximum absolute atomic E-state index is 14.0. The molecule has 7 nitrogen and oxygen atoms in total. The Kier molecular flexibility index (Phi) is 9.93. The number of carbonyl (C=O) groups excluding carboxylic acids is 2. The number of aryl methyl sites for hydroxylation is 2. The van der Waals surface area contributed by atoms with E-state index in [4.69, 9.17) is 23.2 Å². The zero-order chi connectivity index (χ0) is 29.8. The van der Waals surface area contributed by atoms with E-state index < -0.39 is 34.1 Å². The van der Waals surface area contributed by atoms with E-state index in [2.05, 4.69) is 5.32 Å². The lowest BCUT2D eigenvalue weighted by Crippen LogP contribution is -2.54. The number of sulfonamides is 1. The van der Waals surface area contributed by atoms with Crippen LogP contribution in [0.4, 0.5) is 5.69 Å². The van der Waals surface area contributed by atoms with Gasteiger partial charge in [-0.25, -0.2) is 8.42 Å². The van der Waals surface area contributed by atoms with Crippen molar-refractivity contribution >= 4 is 50.7 Å². The Morgan fingerprint density at radius 3 is 2.15 bits per heavy atom. The summed E-state index contributed by atoms with van der Waals surface area (Å²) in [5, 5.41) is 3.05. The van der Waals surface area contributed by atoms with Crippen LogP contribution in [0.5, 0.6) is 0 Å². The van der Waals surface area contributed by atoms with Gasteiger partial charge in [-0.15, -0.1) is 0 Å². The third kappa shape index (κ3) is 7.77. The summed E-state index contributed by atoms with van der Waals surface area (Å²) in [6, 6.07) is 17.6. The summed E-state index contributed by atoms with van der Waals surface area (Å²) in [6.07, 6.45) is 0. The number of carbonyl (C=O) groups is 2. The van der Waals surface area contributed by atoms with Crippen molar-refractivity contribution in [2.24, 2.45) is 0 Å². The molecule has 3 aromatic carbocycles. The lowest BCUT2D eigenvalue weighted by molar-refractivity contribution is -0.140. The molecule has 0 fully saturated rings. The Balaban J connectivity index is 2.08. The maximum Gasteiger partial charge on any atom is 0.264 e. The highest BCUT2D eigenvalue weighted by molar-refractivity contribution is 7.92. The van der Waals surface area contributed by atoms with Gasteiger partial charge < -0.3 is 10.2 Å². The minimum absolute atomic E-state index is 0.00332. The van der Waals surface area contributed by atoms with Gasteiger partial charge in [0.15, 0.2) is 0 Å². The molecule has 0 saturated heterocycles. The van der Waals surface area contributed by atoms with Crippen LogP contribution >= 0.6 is 23.2 Å². The number of anilines is 1. The fourth-order valence-corrected chi connectivity index (χ4v) is 5.97. The van der Waals surface area contributed by atoms with Crippen LogP contribution < -0.4 is 9.62 Å². The van der Waals surface area contributed by atoms with Crippen LogP contribution in [0.1, 0.15) is 44.4 Å². The predicted molar refractivity (Wildman–Crippen MR) is 161 cm³/mol. The number of hydrogen-bond donors (Lipinski definition) is 1. The van der Waals surface area contributed by atoms with Crippen molar-refractivity contribution in [3.05, 3.63) is 93.5 Å². The normalized spacial score (nSPS) is 12.5. The van der Waals surface area contributed by atoms with E-state index in [0.717, 1.165) is 21.0 Å². The zero-order valence-corrected chi connectivity index (χ0v) is 25.9. The van der Waals surface area contributed by atoms with E-state index in [-0.39, 0.29) is 33.1 Å². The first-order valence-corrected chi connectivity index (χ1v) is 15.0. The number of nitrogens with zero attached hydrogens (tertiary/aromatic N) is 2. The Hall–Kier alpha value is -3.07. The number of hydrogen-bond acceptors (Lipinski definition) is 4. The largest absolute Gasteiger partial charge is 0.350 e. The van der Waals surface area contributed by atoms with Crippen molar-refractivity contribution in [3.8, 4) is 0 Å². The van der Waals surface area contributed by atoms with Crippen molar-refractivity contribution in [3.63, 3.8) is 0 Å². The second-order valence-electron chi connectivity index (χ2n) is 10.8. The number of halogens is 2. The van der Waals surface area contributed by atoms with Crippen LogP contribution in [0.25, 0.3) is 0 Å². The second kappa shape index (κ2) is 12.6. The monoisotopic (exact) mass is 603 g/mol. The van der Waals surface area contributed by atoms with Crippen molar-refractivity contribution in [1.29, 1.82) is 0 Å². The summed E-state index contributed by atoms with van der Waals surface area (Å²) in [5.41, 5.74) is 2.21. The third-order valence-corrected chi connectivity index (χ3v) is 8.77. The summed E-state index contributed by atoms with van der Waals surface area (Å²) < 4.78 is 28.8. The Labute approximate surface area is 247 Å². The summed E-state index contributed by atoms with van der Waals surface area (Å²) >= 11 is 12.7. The molecule has 0 aliphatic heterocycles. The molecule has 1 N–H and O–H groups in total. The summed E-state index contributed by atoms with van der Waals surface area (Å²) in [7, 11) is -4.25. The standard InChI is InChI=1S/C30H35Cl2N3O4S/c1-20-13-15-24(16-14-20)40(38,39)35(26-12-8-11-25(31)28(26)32)19-27(36)34(18-23-10-7-9-21(2)17-23)22(3)29(37)33-30(4,5)6/h7-17,22H,18-19H2,1-6H3,(H,33,37)/t22-/m1/s1. The van der Waals surface area contributed by atoms with Gasteiger partial charge in [-0.1, -0.05) is 76.8 Å². The molecule has 0 aromatic heterocycles. The molecule has 1 atom stereocenters. The van der Waals surface area contributed by atoms with Gasteiger partial charge >= 0.3 is 0 Å². The van der Waals surface area contributed by atoms with Crippen LogP contribution in [0.2, 0.25) is 10.0 Å². The molecule has 0 bridgehead atoms. The van der Waals surface area contributed by atoms with Crippen LogP contribution in [0, 0.1) is 13.8 Å². The fraction of sp³-hybridized carbons (Fsp3) is 0.333. The molecular formula is C30H35Cl2N3O4S. The smallest absolute Gasteiger partial charge is 0.264 e. The molecular weight excluding hydrogens is 569 g/mol. The Bertz CT molecular complexity index is 1490. The first kappa shape index (κ1) is 31.5. The summed E-state index contributed by atoms with van der Waals surface area (Å²) in [6.45, 7) is 10.4. The first-order valence-electron chi connectivity index (χ1n) is 12.8. The van der Waals surface area contributed by atoms with Crippen molar-refractivity contribution in [2.75, 3.05) is 10.8 Å². The fourth-order valence-electron chi connectivity index (χ4n) is 4.10. The van der Waals surface area contributed by atoms with Gasteiger partial charge in [-0.2, -0.15) is 0 Å². The van der Waals surface area contributed by atoms with E-state index in [0.29, 0.717) is 0 Å². The molecule has 3 rings (SSSR count). The third-order valence-electron chi connectivity index (χ3n) is 6.19. The van der Waals surface area contributed by atoms with Crippen LogP contribution in [0.15, 0.2) is 71.6 Å². The maximum atomic E-state index is 14.0. The van der Waals surface area contributed by atoms with E-state index in [1.807, 2.05) is 58.9 Å². The van der Waals surface area contributed by atoms with Crippen LogP contribution in [-0.2, 0) is 26.2 Å². The first-order chi connectivity index (χ1) is 18.6. The average molecular weight is 605 g/mol. The molecule has 0 unspecified atom stereocenters. The average Bonchev–Trinajstić information content (AvgIpc) is 2.86. The van der Waals surface area contributed by atoms with Gasteiger partial charge in [0, 0.05) is 12.1 Å². The van der Waals surface area contributed by atoms with Gasteiger partial charge in [0.2, 0.25) is 11.8 Å². The highest BCUT2D eigenvalue weighted by atomic mass is 35.5. The number of nitrogens with one attached hydrogen (secondary N) is 1. The van der Waals surface area contributed by atoms with E-state index in [9.17, 15) is 18.0 Å². The number of rotatable bonds is 9. The van der Waals surface area contributed by atoms with Gasteiger partial charge in [-0.05, 0) is 71.4 Å². The highest BCUT2D eigenvalue weighted by Crippen LogP contribution is 2.35. The minimum Gasteiger partial charge on any atom is -0.350 e. The Morgan fingerprint density at radius 2 is 1.55 bits per heavy atom. The molecule has 10 heteroatoms. The molecule has 40 heavy (non-hydrogen) atoms. The molecule has 0 aliphatic rings. The van der Waals surface area contributed by atoms with Gasteiger partial charge in [0.05, 0.1) is 20.6 Å². The molecule has 2 amide bonds. The van der Waals surface area contributed by atoms with Gasteiger partial charge in [0.1, 0.15) is 12.6 Å². The molecule has 0 saturated carbocycles. The highest BCUT2D eigenvalue weighted by Gasteiger charge is 2.34. The zero-order valence-electron chi connectivity index (χ0n) is 23.5.